The second-order valence-corrected chi connectivity index (χ2v) is 9.88. The number of nitrogens with zero attached hydrogens (tertiary/aromatic N) is 2. The zero-order chi connectivity index (χ0) is 28.1. The standard InChI is InChI=1S/C30H31N3O6/c1-20-18-24(39-19-21-8-5-4-6-9-21)14-15-25(20)28(34)26-27(22-10-12-23(13-11-22)33(37)38)32(30(36)29(26)35)17-7-16-31(2)3/h4-6,8-15,18,27,34H,7,16-17,19H2,1-3H3. The van der Waals surface area contributed by atoms with Crippen LogP contribution in [0.2, 0.25) is 0 Å². The first kappa shape index (κ1) is 27.5. The van der Waals surface area contributed by atoms with E-state index >= 15 is 0 Å². The van der Waals surface area contributed by atoms with E-state index in [2.05, 4.69) is 0 Å². The lowest BCUT2D eigenvalue weighted by Gasteiger charge is -2.28. The molecule has 1 N–H and O–H groups in total. The van der Waals surface area contributed by atoms with E-state index in [1.54, 1.807) is 25.1 Å². The second kappa shape index (κ2) is 11.9. The molecule has 1 atom stereocenters. The molecule has 0 aromatic heterocycles. The lowest BCUT2D eigenvalue weighted by Crippen LogP contribution is -3.05. The first-order valence-electron chi connectivity index (χ1n) is 12.7. The third kappa shape index (κ3) is 6.15. The van der Waals surface area contributed by atoms with Crippen molar-refractivity contribution in [3.05, 3.63) is 111 Å². The van der Waals surface area contributed by atoms with Crippen molar-refractivity contribution in [1.29, 1.82) is 0 Å². The molecule has 0 saturated carbocycles. The Kier molecular flexibility index (Phi) is 8.41. The van der Waals surface area contributed by atoms with Crippen LogP contribution in [-0.2, 0) is 16.2 Å². The molecule has 1 amide bonds. The monoisotopic (exact) mass is 529 g/mol. The summed E-state index contributed by atoms with van der Waals surface area (Å²) in [5.74, 6) is -1.55. The highest BCUT2D eigenvalue weighted by Gasteiger charge is 2.44. The molecule has 0 aliphatic carbocycles. The van der Waals surface area contributed by atoms with E-state index in [-0.39, 0.29) is 17.8 Å². The number of nitro benzene ring substituents is 1. The molecular formula is C30H31N3O6. The zero-order valence-electron chi connectivity index (χ0n) is 22.2. The van der Waals surface area contributed by atoms with Crippen molar-refractivity contribution in [1.82, 2.24) is 4.90 Å². The highest BCUT2D eigenvalue weighted by molar-refractivity contribution is 6.46. The van der Waals surface area contributed by atoms with Gasteiger partial charge in [-0.1, -0.05) is 42.2 Å². The lowest BCUT2D eigenvalue weighted by atomic mass is 9.93. The summed E-state index contributed by atoms with van der Waals surface area (Å²) in [5, 5.41) is 25.0. The second-order valence-electron chi connectivity index (χ2n) is 9.88. The first-order valence-corrected chi connectivity index (χ1v) is 12.7. The number of quaternary nitrogens is 1. The van der Waals surface area contributed by atoms with Gasteiger partial charge in [0, 0.05) is 30.7 Å². The van der Waals surface area contributed by atoms with Crippen LogP contribution < -0.4 is 14.7 Å². The number of hydrogen-bond acceptors (Lipinski definition) is 6. The molecule has 202 valence electrons. The Morgan fingerprint density at radius 3 is 2.33 bits per heavy atom. The Balaban J connectivity index is 1.70. The number of amides is 1. The highest BCUT2D eigenvalue weighted by Crippen LogP contribution is 2.39. The maximum absolute atomic E-state index is 13.8. The molecule has 3 aromatic rings. The van der Waals surface area contributed by atoms with Crippen LogP contribution >= 0.6 is 0 Å². The fraction of sp³-hybridized carbons (Fsp3) is 0.267. The van der Waals surface area contributed by atoms with Crippen LogP contribution in [0.5, 0.6) is 5.75 Å². The normalized spacial score (nSPS) is 16.6. The minimum absolute atomic E-state index is 0.119. The van der Waals surface area contributed by atoms with Crippen LogP contribution in [0.15, 0.2) is 78.4 Å². The number of likely N-dealkylation sites (tertiary alicyclic amines) is 1. The Bertz CT molecular complexity index is 1400. The van der Waals surface area contributed by atoms with Gasteiger partial charge in [0.1, 0.15) is 12.4 Å². The van der Waals surface area contributed by atoms with Crippen molar-refractivity contribution in [2.45, 2.75) is 26.0 Å². The Hall–Kier alpha value is -4.50. The molecule has 9 heteroatoms. The average molecular weight is 530 g/mol. The van der Waals surface area contributed by atoms with E-state index in [0.29, 0.717) is 35.5 Å². The van der Waals surface area contributed by atoms with Crippen LogP contribution in [0, 0.1) is 17.0 Å². The molecule has 0 bridgehead atoms. The number of aryl methyl sites for hydroxylation is 1. The fourth-order valence-corrected chi connectivity index (χ4v) is 4.70. The van der Waals surface area contributed by atoms with Crippen LogP contribution in [0.4, 0.5) is 5.69 Å². The van der Waals surface area contributed by atoms with Gasteiger partial charge in [0.05, 0.1) is 31.6 Å². The van der Waals surface area contributed by atoms with Gasteiger partial charge in [0.25, 0.3) is 11.6 Å². The molecule has 1 heterocycles. The number of nitro groups is 1. The molecule has 1 saturated heterocycles. The van der Waals surface area contributed by atoms with Gasteiger partial charge in [-0.25, -0.2) is 0 Å². The number of nitrogens with one attached hydrogen (secondary N) is 1. The number of Topliss-reactive ketones (excluding diaryl/α,β-unsaturated/α-hetero) is 1. The molecule has 9 nitrogen and oxygen atoms in total. The van der Waals surface area contributed by atoms with Crippen molar-refractivity contribution in [2.75, 3.05) is 27.2 Å². The number of carbonyl (C=O) groups is 2. The summed E-state index contributed by atoms with van der Waals surface area (Å²) in [6.45, 7) is 3.16. The number of carbonyl (C=O) groups excluding carboxylic acids is 2. The predicted octanol–water partition coefficient (Wildman–Crippen LogP) is 2.24. The van der Waals surface area contributed by atoms with Crippen molar-refractivity contribution < 1.29 is 29.3 Å². The van der Waals surface area contributed by atoms with Gasteiger partial charge < -0.3 is 19.6 Å². The topological polar surface area (TPSA) is 117 Å². The summed E-state index contributed by atoms with van der Waals surface area (Å²) in [7, 11) is 3.98. The van der Waals surface area contributed by atoms with Crippen LogP contribution in [0.3, 0.4) is 0 Å². The van der Waals surface area contributed by atoms with Gasteiger partial charge in [-0.3, -0.25) is 19.7 Å². The largest absolute Gasteiger partial charge is 0.872 e. The molecule has 1 aliphatic rings. The Labute approximate surface area is 227 Å². The summed E-state index contributed by atoms with van der Waals surface area (Å²) < 4.78 is 5.87. The Morgan fingerprint density at radius 2 is 1.72 bits per heavy atom. The van der Waals surface area contributed by atoms with Crippen LogP contribution in [-0.4, -0.2) is 48.7 Å². The van der Waals surface area contributed by atoms with E-state index in [4.69, 9.17) is 4.74 Å². The van der Waals surface area contributed by atoms with Crippen LogP contribution in [0.1, 0.15) is 34.7 Å². The van der Waals surface area contributed by atoms with Gasteiger partial charge >= 0.3 is 0 Å². The maximum Gasteiger partial charge on any atom is 0.295 e. The van der Waals surface area contributed by atoms with Gasteiger partial charge in [-0.05, 0) is 53.4 Å². The number of ether oxygens (including phenoxy) is 1. The molecule has 0 radical (unpaired) electrons. The molecule has 1 fully saturated rings. The van der Waals surface area contributed by atoms with Crippen molar-refractivity contribution in [2.24, 2.45) is 0 Å². The fourth-order valence-electron chi connectivity index (χ4n) is 4.70. The van der Waals surface area contributed by atoms with E-state index < -0.39 is 28.4 Å². The minimum Gasteiger partial charge on any atom is -0.872 e. The number of rotatable bonds is 10. The number of benzene rings is 3. The summed E-state index contributed by atoms with van der Waals surface area (Å²) >= 11 is 0. The van der Waals surface area contributed by atoms with E-state index in [9.17, 15) is 24.8 Å². The molecule has 3 aromatic carbocycles. The van der Waals surface area contributed by atoms with Crippen LogP contribution in [0.25, 0.3) is 5.76 Å². The van der Waals surface area contributed by atoms with E-state index in [1.165, 1.54) is 34.1 Å². The van der Waals surface area contributed by atoms with Gasteiger partial charge in [-0.15, -0.1) is 0 Å². The van der Waals surface area contributed by atoms with Crippen molar-refractivity contribution in [3.63, 3.8) is 0 Å². The zero-order valence-corrected chi connectivity index (χ0v) is 22.2. The summed E-state index contributed by atoms with van der Waals surface area (Å²) in [4.78, 5) is 39.6. The van der Waals surface area contributed by atoms with E-state index in [0.717, 1.165) is 12.1 Å². The lowest BCUT2D eigenvalue weighted by molar-refractivity contribution is -0.858. The van der Waals surface area contributed by atoms with Crippen molar-refractivity contribution in [3.8, 4) is 5.75 Å². The molecule has 0 spiro atoms. The minimum atomic E-state index is -0.927. The van der Waals surface area contributed by atoms with Gasteiger partial charge in [-0.2, -0.15) is 0 Å². The molecular weight excluding hydrogens is 498 g/mol. The summed E-state index contributed by atoms with van der Waals surface area (Å²) in [6.07, 6.45) is 0.624. The smallest absolute Gasteiger partial charge is 0.295 e. The quantitative estimate of drug-likeness (QED) is 0.142. The molecule has 1 aliphatic heterocycles. The summed E-state index contributed by atoms with van der Waals surface area (Å²) in [5.41, 5.74) is 2.11. The maximum atomic E-state index is 13.8. The third-order valence-electron chi connectivity index (χ3n) is 6.72. The molecule has 1 unspecified atom stereocenters. The average Bonchev–Trinajstić information content (AvgIpc) is 3.17. The predicted molar refractivity (Wildman–Crippen MR) is 144 cm³/mol. The molecule has 4 rings (SSSR count). The number of hydrogen-bond donors (Lipinski definition) is 1. The van der Waals surface area contributed by atoms with Gasteiger partial charge in [0.15, 0.2) is 0 Å². The van der Waals surface area contributed by atoms with Gasteiger partial charge in [0.2, 0.25) is 5.78 Å². The number of ketones is 1. The van der Waals surface area contributed by atoms with Crippen molar-refractivity contribution >= 4 is 23.1 Å². The first-order chi connectivity index (χ1) is 18.7. The van der Waals surface area contributed by atoms with E-state index in [1.807, 2.05) is 44.4 Å². The number of non-ortho nitro benzene ring substituents is 1. The highest BCUT2D eigenvalue weighted by atomic mass is 16.6. The summed E-state index contributed by atoms with van der Waals surface area (Å²) in [6, 6.07) is 19.4. The Morgan fingerprint density at radius 1 is 1.03 bits per heavy atom. The SMILES string of the molecule is Cc1cc(OCc2ccccc2)ccc1C([O-])=C1C(=O)C(=O)N(CCC[NH+](C)C)C1c1ccc([N+](=O)[O-])cc1. The molecule has 39 heavy (non-hydrogen) atoms. The third-order valence-corrected chi connectivity index (χ3v) is 6.72.